The number of aryl methyl sites for hydroxylation is 2. The van der Waals surface area contributed by atoms with Gasteiger partial charge in [-0.15, -0.1) is 0 Å². The lowest BCUT2D eigenvalue weighted by Crippen LogP contribution is -2.44. The molecule has 0 aliphatic carbocycles. The molecule has 4 aromatic rings. The van der Waals surface area contributed by atoms with Crippen LogP contribution in [0.5, 0.6) is 0 Å². The van der Waals surface area contributed by atoms with Crippen molar-refractivity contribution in [1.82, 2.24) is 14.3 Å². The van der Waals surface area contributed by atoms with E-state index in [9.17, 15) is 17.6 Å². The Bertz CT molecular complexity index is 1530. The lowest BCUT2D eigenvalue weighted by Gasteiger charge is -2.33. The summed E-state index contributed by atoms with van der Waals surface area (Å²) in [7, 11) is -3.75. The third-order valence-electron chi connectivity index (χ3n) is 6.62. The highest BCUT2D eigenvalue weighted by Crippen LogP contribution is 2.34. The summed E-state index contributed by atoms with van der Waals surface area (Å²) in [4.78, 5) is 24.8. The first-order valence-corrected chi connectivity index (χ1v) is 14.3. The van der Waals surface area contributed by atoms with E-state index in [1.165, 1.54) is 27.8 Å². The summed E-state index contributed by atoms with van der Waals surface area (Å²) in [5.41, 5.74) is 3.82. The molecule has 1 aliphatic heterocycles. The summed E-state index contributed by atoms with van der Waals surface area (Å²) in [6.45, 7) is 4.76. The summed E-state index contributed by atoms with van der Waals surface area (Å²) >= 11 is 1.48. The Balaban J connectivity index is 1.39. The molecule has 37 heavy (non-hydrogen) atoms. The van der Waals surface area contributed by atoms with E-state index < -0.39 is 15.8 Å². The monoisotopic (exact) mass is 538 g/mol. The lowest BCUT2D eigenvalue weighted by atomic mass is 9.96. The van der Waals surface area contributed by atoms with Crippen LogP contribution in [0.25, 0.3) is 10.2 Å². The third-order valence-corrected chi connectivity index (χ3v) is 9.55. The Morgan fingerprint density at radius 1 is 1.11 bits per heavy atom. The molecule has 192 valence electrons. The van der Waals surface area contributed by atoms with Crippen molar-refractivity contribution in [2.75, 3.05) is 18.0 Å². The Morgan fingerprint density at radius 2 is 1.84 bits per heavy atom. The smallest absolute Gasteiger partial charge is 0.243 e. The minimum Gasteiger partial charge on any atom is -0.282 e. The summed E-state index contributed by atoms with van der Waals surface area (Å²) in [5, 5.41) is 0.612. The number of rotatable bonds is 6. The van der Waals surface area contributed by atoms with Gasteiger partial charge in [-0.25, -0.2) is 17.8 Å². The second-order valence-corrected chi connectivity index (χ2v) is 12.2. The molecule has 7 nitrogen and oxygen atoms in total. The molecular formula is C27H27FN4O3S2. The van der Waals surface area contributed by atoms with Gasteiger partial charge in [0.05, 0.1) is 27.4 Å². The van der Waals surface area contributed by atoms with E-state index in [1.807, 2.05) is 32.0 Å². The Morgan fingerprint density at radius 3 is 2.51 bits per heavy atom. The molecular weight excluding hydrogens is 511 g/mol. The maximum absolute atomic E-state index is 13.9. The lowest BCUT2D eigenvalue weighted by molar-refractivity contribution is -0.123. The number of piperidine rings is 1. The first kappa shape index (κ1) is 25.4. The number of carbonyl (C=O) groups excluding carboxylic acids is 1. The Hall–Kier alpha value is -3.21. The zero-order valence-corrected chi connectivity index (χ0v) is 22.2. The van der Waals surface area contributed by atoms with Crippen molar-refractivity contribution < 1.29 is 17.6 Å². The van der Waals surface area contributed by atoms with Crippen molar-refractivity contribution in [2.45, 2.75) is 38.1 Å². The van der Waals surface area contributed by atoms with Crippen molar-refractivity contribution in [3.63, 3.8) is 0 Å². The van der Waals surface area contributed by atoms with Gasteiger partial charge in [-0.3, -0.25) is 14.7 Å². The van der Waals surface area contributed by atoms with E-state index in [0.29, 0.717) is 18.0 Å². The normalized spacial score (nSPS) is 15.2. The minimum absolute atomic E-state index is 0.0515. The van der Waals surface area contributed by atoms with E-state index in [0.717, 1.165) is 39.2 Å². The fourth-order valence-electron chi connectivity index (χ4n) is 4.69. The van der Waals surface area contributed by atoms with Gasteiger partial charge in [0.25, 0.3) is 0 Å². The van der Waals surface area contributed by atoms with Crippen molar-refractivity contribution in [2.24, 2.45) is 5.92 Å². The number of hydrogen-bond acceptors (Lipinski definition) is 6. The molecule has 10 heteroatoms. The van der Waals surface area contributed by atoms with Gasteiger partial charge in [0.1, 0.15) is 5.82 Å². The first-order chi connectivity index (χ1) is 17.7. The molecule has 0 bridgehead atoms. The summed E-state index contributed by atoms with van der Waals surface area (Å²) in [6, 6.07) is 14.6. The predicted molar refractivity (Wildman–Crippen MR) is 142 cm³/mol. The number of hydrogen-bond donors (Lipinski definition) is 0. The molecule has 0 saturated carbocycles. The predicted octanol–water partition coefficient (Wildman–Crippen LogP) is 5.08. The molecule has 1 amide bonds. The van der Waals surface area contributed by atoms with E-state index in [-0.39, 0.29) is 36.4 Å². The first-order valence-electron chi connectivity index (χ1n) is 12.1. The van der Waals surface area contributed by atoms with E-state index in [4.69, 9.17) is 4.98 Å². The van der Waals surface area contributed by atoms with Gasteiger partial charge in [-0.1, -0.05) is 23.5 Å². The van der Waals surface area contributed by atoms with Crippen molar-refractivity contribution in [3.8, 4) is 0 Å². The average Bonchev–Trinajstić information content (AvgIpc) is 3.32. The number of sulfonamides is 1. The second kappa shape index (κ2) is 10.3. The fraction of sp³-hybridized carbons (Fsp3) is 0.296. The average molecular weight is 539 g/mol. The standard InChI is InChI=1S/C27H27FN4O3S2/c1-18-15-19(2)25-24(16-18)36-27(30-25)32(17-22-5-3-4-12-29-22)26(33)20-10-13-31(14-11-20)37(34,35)23-8-6-21(28)7-9-23/h3-9,12,15-16,20H,10-11,13-14,17H2,1-2H3. The van der Waals surface area contributed by atoms with Crippen molar-refractivity contribution in [1.29, 1.82) is 0 Å². The van der Waals surface area contributed by atoms with Gasteiger partial charge in [0, 0.05) is 25.2 Å². The largest absolute Gasteiger partial charge is 0.282 e. The molecule has 0 atom stereocenters. The highest BCUT2D eigenvalue weighted by molar-refractivity contribution is 7.89. The van der Waals surface area contributed by atoms with Crippen LogP contribution in [-0.4, -0.2) is 41.7 Å². The zero-order valence-electron chi connectivity index (χ0n) is 20.6. The molecule has 5 rings (SSSR count). The number of halogens is 1. The summed E-state index contributed by atoms with van der Waals surface area (Å²) in [5.74, 6) is -0.924. The van der Waals surface area contributed by atoms with Crippen LogP contribution < -0.4 is 4.90 Å². The highest BCUT2D eigenvalue weighted by atomic mass is 32.2. The highest BCUT2D eigenvalue weighted by Gasteiger charge is 2.35. The van der Waals surface area contributed by atoms with Gasteiger partial charge >= 0.3 is 0 Å². The molecule has 1 aliphatic rings. The van der Waals surface area contributed by atoms with Crippen LogP contribution in [0.4, 0.5) is 9.52 Å². The number of thiazole rings is 1. The van der Waals surface area contributed by atoms with E-state index >= 15 is 0 Å². The van der Waals surface area contributed by atoms with Gasteiger partial charge in [-0.2, -0.15) is 4.31 Å². The molecule has 2 aromatic heterocycles. The molecule has 0 spiro atoms. The van der Waals surface area contributed by atoms with Crippen LogP contribution in [0.15, 0.2) is 65.7 Å². The van der Waals surface area contributed by atoms with E-state index in [1.54, 1.807) is 11.1 Å². The van der Waals surface area contributed by atoms with Crippen molar-refractivity contribution >= 4 is 42.6 Å². The van der Waals surface area contributed by atoms with Crippen LogP contribution in [-0.2, 0) is 21.4 Å². The van der Waals surface area contributed by atoms with Crippen LogP contribution in [0.3, 0.4) is 0 Å². The summed E-state index contributed by atoms with van der Waals surface area (Å²) in [6.07, 6.45) is 2.48. The Kier molecular flexibility index (Phi) is 7.06. The maximum Gasteiger partial charge on any atom is 0.243 e. The number of fused-ring (bicyclic) bond motifs is 1. The SMILES string of the molecule is Cc1cc(C)c2nc(N(Cc3ccccn3)C(=O)C3CCN(S(=O)(=O)c4ccc(F)cc4)CC3)sc2c1. The molecule has 0 unspecified atom stereocenters. The summed E-state index contributed by atoms with van der Waals surface area (Å²) < 4.78 is 41.7. The van der Waals surface area contributed by atoms with Crippen LogP contribution in [0.1, 0.15) is 29.7 Å². The molecule has 1 fully saturated rings. The third kappa shape index (κ3) is 5.27. The fourth-order valence-corrected chi connectivity index (χ4v) is 7.30. The molecule has 0 radical (unpaired) electrons. The number of benzene rings is 2. The van der Waals surface area contributed by atoms with Crippen LogP contribution >= 0.6 is 11.3 Å². The Labute approximate surface area is 219 Å². The molecule has 2 aromatic carbocycles. The van der Waals surface area contributed by atoms with E-state index in [2.05, 4.69) is 17.1 Å². The molecule has 0 N–H and O–H groups in total. The number of anilines is 1. The van der Waals surface area contributed by atoms with Crippen LogP contribution in [0, 0.1) is 25.6 Å². The quantitative estimate of drug-likeness (QED) is 0.342. The number of nitrogens with zero attached hydrogens (tertiary/aromatic N) is 4. The van der Waals surface area contributed by atoms with Gasteiger partial charge in [0.15, 0.2) is 5.13 Å². The van der Waals surface area contributed by atoms with Crippen LogP contribution in [0.2, 0.25) is 0 Å². The number of carbonyl (C=O) groups is 1. The number of aromatic nitrogens is 2. The van der Waals surface area contributed by atoms with Gasteiger partial charge in [-0.05, 0) is 80.3 Å². The maximum atomic E-state index is 13.9. The van der Waals surface area contributed by atoms with Crippen molar-refractivity contribution in [3.05, 3.63) is 83.4 Å². The number of pyridine rings is 1. The molecule has 3 heterocycles. The number of amides is 1. The minimum atomic E-state index is -3.75. The second-order valence-electron chi connectivity index (χ2n) is 9.30. The van der Waals surface area contributed by atoms with Gasteiger partial charge < -0.3 is 0 Å². The van der Waals surface area contributed by atoms with Gasteiger partial charge in [0.2, 0.25) is 15.9 Å². The molecule has 1 saturated heterocycles. The zero-order chi connectivity index (χ0) is 26.2. The topological polar surface area (TPSA) is 83.5 Å².